The van der Waals surface area contributed by atoms with Crippen molar-refractivity contribution in [1.29, 1.82) is 0 Å². The standard InChI is InChI=1S/C26H39N3O7/c1-6-8-9-10-11-16-29-25(32)28(5)23(30)22(27-29)35-18-13-17-34-20-14-12-15-21(19-20)36-26(3,4)24(31)33-7-2/h12,14-15,19H,6-11,13,16-18H2,1-5H3. The lowest BCUT2D eigenvalue weighted by molar-refractivity contribution is -0.158. The highest BCUT2D eigenvalue weighted by atomic mass is 16.6. The molecule has 1 aromatic heterocycles. The molecule has 0 spiro atoms. The van der Waals surface area contributed by atoms with Crippen LogP contribution in [0.4, 0.5) is 0 Å². The lowest BCUT2D eigenvalue weighted by Gasteiger charge is -2.24. The van der Waals surface area contributed by atoms with Crippen molar-refractivity contribution in [3.8, 4) is 17.4 Å². The van der Waals surface area contributed by atoms with Crippen molar-refractivity contribution in [3.05, 3.63) is 45.1 Å². The van der Waals surface area contributed by atoms with Crippen molar-refractivity contribution in [2.45, 2.75) is 78.4 Å². The lowest BCUT2D eigenvalue weighted by Crippen LogP contribution is -2.40. The lowest BCUT2D eigenvalue weighted by atomic mass is 10.1. The fraction of sp³-hybridized carbons (Fsp3) is 0.615. The molecule has 2 rings (SSSR count). The number of aryl methyl sites for hydroxylation is 1. The minimum absolute atomic E-state index is 0.0951. The number of unbranched alkanes of at least 4 members (excludes halogenated alkanes) is 4. The van der Waals surface area contributed by atoms with Crippen LogP contribution in [0.15, 0.2) is 33.9 Å². The van der Waals surface area contributed by atoms with E-state index in [4.69, 9.17) is 18.9 Å². The topological polar surface area (TPSA) is 111 Å². The molecule has 0 N–H and O–H groups in total. The van der Waals surface area contributed by atoms with E-state index < -0.39 is 22.8 Å². The zero-order chi connectivity index (χ0) is 26.6. The third kappa shape index (κ3) is 8.73. The van der Waals surface area contributed by atoms with Crippen molar-refractivity contribution in [1.82, 2.24) is 14.3 Å². The molecule has 10 nitrogen and oxygen atoms in total. The van der Waals surface area contributed by atoms with Gasteiger partial charge in [-0.25, -0.2) is 14.3 Å². The maximum absolute atomic E-state index is 12.4. The SMILES string of the molecule is CCCCCCCn1nc(OCCCOc2cccc(OC(C)(C)C(=O)OCC)c2)c(=O)n(C)c1=O. The molecule has 0 aliphatic rings. The van der Waals surface area contributed by atoms with Gasteiger partial charge in [-0.1, -0.05) is 38.7 Å². The normalized spacial score (nSPS) is 11.2. The smallest absolute Gasteiger partial charge is 0.349 e. The number of hydrogen-bond donors (Lipinski definition) is 0. The molecular formula is C26H39N3O7. The van der Waals surface area contributed by atoms with Crippen molar-refractivity contribution in [3.63, 3.8) is 0 Å². The predicted molar refractivity (Wildman–Crippen MR) is 136 cm³/mol. The molecule has 0 bridgehead atoms. The number of carbonyl (C=O) groups is 1. The van der Waals surface area contributed by atoms with Gasteiger partial charge in [0.05, 0.1) is 19.8 Å². The zero-order valence-corrected chi connectivity index (χ0v) is 22.1. The van der Waals surface area contributed by atoms with Crippen molar-refractivity contribution in [2.24, 2.45) is 7.05 Å². The number of hydrogen-bond acceptors (Lipinski definition) is 8. The van der Waals surface area contributed by atoms with E-state index in [1.54, 1.807) is 45.0 Å². The number of nitrogens with zero attached hydrogens (tertiary/aromatic N) is 3. The van der Waals surface area contributed by atoms with Crippen molar-refractivity contribution < 1.29 is 23.7 Å². The highest BCUT2D eigenvalue weighted by Gasteiger charge is 2.31. The fourth-order valence-electron chi connectivity index (χ4n) is 3.39. The largest absolute Gasteiger partial charge is 0.493 e. The van der Waals surface area contributed by atoms with Gasteiger partial charge in [-0.3, -0.25) is 9.36 Å². The number of esters is 1. The summed E-state index contributed by atoms with van der Waals surface area (Å²) >= 11 is 0. The van der Waals surface area contributed by atoms with Crippen LogP contribution in [0.2, 0.25) is 0 Å². The van der Waals surface area contributed by atoms with Gasteiger partial charge in [0.15, 0.2) is 5.60 Å². The Bertz CT molecular complexity index is 1090. The number of ether oxygens (including phenoxy) is 4. The second-order valence-corrected chi connectivity index (χ2v) is 8.95. The number of benzene rings is 1. The molecule has 0 saturated carbocycles. The summed E-state index contributed by atoms with van der Waals surface area (Å²) in [6.07, 6.45) is 5.73. The monoisotopic (exact) mass is 505 g/mol. The van der Waals surface area contributed by atoms with Crippen LogP contribution < -0.4 is 25.5 Å². The first-order valence-electron chi connectivity index (χ1n) is 12.6. The summed E-state index contributed by atoms with van der Waals surface area (Å²) in [7, 11) is 1.42. The molecule has 0 aliphatic heterocycles. The Hall–Kier alpha value is -3.30. The number of carbonyl (C=O) groups excluding carboxylic acids is 1. The maximum atomic E-state index is 12.4. The molecule has 200 valence electrons. The summed E-state index contributed by atoms with van der Waals surface area (Å²) in [6.45, 7) is 8.42. The summed E-state index contributed by atoms with van der Waals surface area (Å²) in [6, 6.07) is 6.97. The highest BCUT2D eigenvalue weighted by Crippen LogP contribution is 2.24. The minimum Gasteiger partial charge on any atom is -0.493 e. The molecule has 1 aromatic carbocycles. The van der Waals surface area contributed by atoms with E-state index in [0.29, 0.717) is 31.1 Å². The molecule has 2 aromatic rings. The third-order valence-corrected chi connectivity index (χ3v) is 5.42. The van der Waals surface area contributed by atoms with E-state index in [2.05, 4.69) is 12.0 Å². The molecule has 0 saturated heterocycles. The van der Waals surface area contributed by atoms with Gasteiger partial charge in [-0.2, -0.15) is 0 Å². The van der Waals surface area contributed by atoms with Gasteiger partial charge in [0.2, 0.25) is 0 Å². The molecule has 1 heterocycles. The van der Waals surface area contributed by atoms with Gasteiger partial charge in [0.25, 0.3) is 5.88 Å². The van der Waals surface area contributed by atoms with Gasteiger partial charge in [-0.15, -0.1) is 5.10 Å². The van der Waals surface area contributed by atoms with Gasteiger partial charge in [-0.05, 0) is 39.3 Å². The van der Waals surface area contributed by atoms with Crippen LogP contribution in [0, 0.1) is 0 Å². The summed E-state index contributed by atoms with van der Waals surface area (Å²) in [5, 5.41) is 4.13. The third-order valence-electron chi connectivity index (χ3n) is 5.42. The van der Waals surface area contributed by atoms with E-state index in [-0.39, 0.29) is 19.1 Å². The summed E-state index contributed by atoms with van der Waals surface area (Å²) < 4.78 is 24.5. The van der Waals surface area contributed by atoms with Crippen molar-refractivity contribution >= 4 is 5.97 Å². The quantitative estimate of drug-likeness (QED) is 0.252. The van der Waals surface area contributed by atoms with Gasteiger partial charge >= 0.3 is 17.2 Å². The Morgan fingerprint density at radius 3 is 2.39 bits per heavy atom. The molecule has 0 aliphatic carbocycles. The molecule has 0 amide bonds. The summed E-state index contributed by atoms with van der Waals surface area (Å²) in [5.41, 5.74) is -2.13. The Kier molecular flexibility index (Phi) is 11.5. The molecule has 0 radical (unpaired) electrons. The Labute approximate surface area is 212 Å². The molecule has 10 heteroatoms. The van der Waals surface area contributed by atoms with Crippen molar-refractivity contribution in [2.75, 3.05) is 19.8 Å². The second-order valence-electron chi connectivity index (χ2n) is 8.95. The van der Waals surface area contributed by atoms with Crippen LogP contribution in [0.3, 0.4) is 0 Å². The molecule has 0 unspecified atom stereocenters. The Balaban J connectivity index is 1.87. The van der Waals surface area contributed by atoms with Crippen LogP contribution in [-0.4, -0.2) is 45.7 Å². The first-order chi connectivity index (χ1) is 17.2. The van der Waals surface area contributed by atoms with Crippen LogP contribution in [0.1, 0.15) is 66.2 Å². The van der Waals surface area contributed by atoms with Crippen LogP contribution >= 0.6 is 0 Å². The van der Waals surface area contributed by atoms with Gasteiger partial charge < -0.3 is 18.9 Å². The molecule has 0 fully saturated rings. The summed E-state index contributed by atoms with van der Waals surface area (Å²) in [4.78, 5) is 36.7. The molecule has 36 heavy (non-hydrogen) atoms. The average Bonchev–Trinajstić information content (AvgIpc) is 2.84. The van der Waals surface area contributed by atoms with E-state index in [1.165, 1.54) is 11.7 Å². The predicted octanol–water partition coefficient (Wildman–Crippen LogP) is 3.48. The average molecular weight is 506 g/mol. The number of aromatic nitrogens is 3. The van der Waals surface area contributed by atoms with E-state index in [1.807, 2.05) is 0 Å². The zero-order valence-electron chi connectivity index (χ0n) is 22.1. The van der Waals surface area contributed by atoms with Gasteiger partial charge in [0, 0.05) is 26.1 Å². The molecular weight excluding hydrogens is 466 g/mol. The maximum Gasteiger partial charge on any atom is 0.349 e. The highest BCUT2D eigenvalue weighted by molar-refractivity contribution is 5.79. The summed E-state index contributed by atoms with van der Waals surface area (Å²) in [5.74, 6) is 0.502. The van der Waals surface area contributed by atoms with Crippen LogP contribution in [0.5, 0.6) is 17.4 Å². The minimum atomic E-state index is -1.13. The Morgan fingerprint density at radius 2 is 1.67 bits per heavy atom. The second kappa shape index (κ2) is 14.3. The van der Waals surface area contributed by atoms with E-state index in [0.717, 1.165) is 36.7 Å². The number of rotatable bonds is 16. The van der Waals surface area contributed by atoms with E-state index in [9.17, 15) is 14.4 Å². The first kappa shape index (κ1) is 28.9. The van der Waals surface area contributed by atoms with E-state index >= 15 is 0 Å². The Morgan fingerprint density at radius 1 is 0.972 bits per heavy atom. The molecule has 0 atom stereocenters. The van der Waals surface area contributed by atoms with Gasteiger partial charge in [0.1, 0.15) is 11.5 Å². The first-order valence-corrected chi connectivity index (χ1v) is 12.6. The van der Waals surface area contributed by atoms with Crippen LogP contribution in [0.25, 0.3) is 0 Å². The fourth-order valence-corrected chi connectivity index (χ4v) is 3.39. The van der Waals surface area contributed by atoms with Crippen LogP contribution in [-0.2, 0) is 23.1 Å².